The average Bonchev–Trinajstić information content (AvgIpc) is 2.94. The Hall–Kier alpha value is -4.44. The van der Waals surface area contributed by atoms with Crippen LogP contribution in [0.3, 0.4) is 0 Å². The topological polar surface area (TPSA) is 122 Å². The maximum Gasteiger partial charge on any atom is 0.346 e. The molecule has 0 spiro atoms. The molecule has 1 aliphatic heterocycles. The highest BCUT2D eigenvalue weighted by Crippen LogP contribution is 2.23. The van der Waals surface area contributed by atoms with Gasteiger partial charge in [-0.15, -0.1) is 0 Å². The van der Waals surface area contributed by atoms with Crippen LogP contribution in [0.4, 0.5) is 16.2 Å². The smallest absolute Gasteiger partial charge is 0.346 e. The van der Waals surface area contributed by atoms with Gasteiger partial charge >= 0.3 is 6.03 Å². The first-order valence-electron chi connectivity index (χ1n) is 13.3. The van der Waals surface area contributed by atoms with Crippen molar-refractivity contribution in [3.8, 4) is 0 Å². The number of nitrogen functional groups attached to an aromatic ring is 1. The lowest BCUT2D eigenvalue weighted by molar-refractivity contribution is 0.102. The molecule has 0 bridgehead atoms. The molecule has 3 amide bonds. The molecular weight excluding hydrogens is 508 g/mol. The number of nitrogens with two attached hydrogens (primary N) is 1. The van der Waals surface area contributed by atoms with Crippen LogP contribution in [-0.4, -0.2) is 66.4 Å². The molecular formula is C30H36N6O4. The largest absolute Gasteiger partial charge is 0.488 e. The number of benzene rings is 1. The molecule has 1 aromatic heterocycles. The van der Waals surface area contributed by atoms with Crippen LogP contribution >= 0.6 is 0 Å². The van der Waals surface area contributed by atoms with Gasteiger partial charge < -0.3 is 30.3 Å². The number of carbonyl (C=O) groups excluding carboxylic acids is 2. The normalized spacial score (nSPS) is 15.6. The number of hydrogen-bond donors (Lipinski definition) is 2. The van der Waals surface area contributed by atoms with Crippen molar-refractivity contribution in [3.05, 3.63) is 89.7 Å². The van der Waals surface area contributed by atoms with Gasteiger partial charge in [0.1, 0.15) is 17.7 Å². The second-order valence-electron chi connectivity index (χ2n) is 9.93. The fraction of sp³-hybridized carbons (Fsp3) is 0.333. The highest BCUT2D eigenvalue weighted by atomic mass is 16.6. The van der Waals surface area contributed by atoms with Crippen LogP contribution in [0.5, 0.6) is 0 Å². The number of rotatable bonds is 10. The molecule has 0 saturated carbocycles. The lowest BCUT2D eigenvalue weighted by Gasteiger charge is -2.23. The fourth-order valence-electron chi connectivity index (χ4n) is 4.23. The molecule has 2 aliphatic rings. The quantitative estimate of drug-likeness (QED) is 0.414. The van der Waals surface area contributed by atoms with Crippen LogP contribution in [0, 0.1) is 0 Å². The van der Waals surface area contributed by atoms with Gasteiger partial charge in [0.2, 0.25) is 5.90 Å². The summed E-state index contributed by atoms with van der Waals surface area (Å²) in [7, 11) is 3.98. The molecule has 40 heavy (non-hydrogen) atoms. The van der Waals surface area contributed by atoms with E-state index in [-0.39, 0.29) is 30.7 Å². The molecule has 10 heteroatoms. The van der Waals surface area contributed by atoms with Crippen molar-refractivity contribution in [3.63, 3.8) is 0 Å². The number of aliphatic imine (C=N–C) groups is 1. The van der Waals surface area contributed by atoms with Crippen LogP contribution in [0.25, 0.3) is 0 Å². The summed E-state index contributed by atoms with van der Waals surface area (Å²) >= 11 is 0. The number of allylic oxidation sites excluding steroid dienone is 4. The number of amides is 3. The van der Waals surface area contributed by atoms with Gasteiger partial charge in [0.25, 0.3) is 5.91 Å². The summed E-state index contributed by atoms with van der Waals surface area (Å²) in [5.41, 5.74) is 9.17. The number of nitrogens with zero attached hydrogens (tertiary/aromatic N) is 4. The fourth-order valence-corrected chi connectivity index (χ4v) is 4.23. The van der Waals surface area contributed by atoms with E-state index in [1.54, 1.807) is 53.8 Å². The van der Waals surface area contributed by atoms with Crippen LogP contribution in [0.15, 0.2) is 83.4 Å². The summed E-state index contributed by atoms with van der Waals surface area (Å²) in [6, 6.07) is 10.0. The predicted molar refractivity (Wildman–Crippen MR) is 156 cm³/mol. The monoisotopic (exact) mass is 544 g/mol. The van der Waals surface area contributed by atoms with Crippen molar-refractivity contribution in [2.75, 3.05) is 44.8 Å². The lowest BCUT2D eigenvalue weighted by atomic mass is 10.0. The summed E-state index contributed by atoms with van der Waals surface area (Å²) in [6.07, 6.45) is 12.8. The van der Waals surface area contributed by atoms with E-state index < -0.39 is 6.03 Å². The summed E-state index contributed by atoms with van der Waals surface area (Å²) in [4.78, 5) is 38.2. The zero-order valence-corrected chi connectivity index (χ0v) is 23.0. The number of carbonyl (C=O) groups is 2. The maximum atomic E-state index is 13.3. The minimum atomic E-state index is -0.417. The molecule has 0 radical (unpaired) electrons. The Morgan fingerprint density at radius 2 is 2.00 bits per heavy atom. The molecule has 10 nitrogen and oxygen atoms in total. The van der Waals surface area contributed by atoms with Gasteiger partial charge in [0.05, 0.1) is 11.4 Å². The summed E-state index contributed by atoms with van der Waals surface area (Å²) in [5, 5.41) is 2.77. The Morgan fingerprint density at radius 1 is 1.15 bits per heavy atom. The summed E-state index contributed by atoms with van der Waals surface area (Å²) in [6.45, 7) is 1.69. The van der Waals surface area contributed by atoms with Crippen molar-refractivity contribution in [2.45, 2.75) is 32.2 Å². The van der Waals surface area contributed by atoms with Gasteiger partial charge in [0, 0.05) is 25.7 Å². The van der Waals surface area contributed by atoms with Crippen molar-refractivity contribution in [2.24, 2.45) is 4.99 Å². The predicted octanol–water partition coefficient (Wildman–Crippen LogP) is 4.74. The molecule has 0 saturated heterocycles. The number of para-hydroxylation sites is 2. The van der Waals surface area contributed by atoms with Crippen molar-refractivity contribution < 1.29 is 19.1 Å². The first-order valence-corrected chi connectivity index (χ1v) is 13.3. The molecule has 0 atom stereocenters. The minimum absolute atomic E-state index is 0.0943. The molecule has 1 aliphatic carbocycles. The number of hydrogen-bond acceptors (Lipinski definition) is 7. The second kappa shape index (κ2) is 14.1. The molecule has 0 unspecified atom stereocenters. The molecule has 2 heterocycles. The van der Waals surface area contributed by atoms with Crippen LogP contribution in [-0.2, 0) is 16.0 Å². The number of anilines is 2. The third kappa shape index (κ3) is 8.54. The molecule has 1 aromatic carbocycles. The third-order valence-electron chi connectivity index (χ3n) is 6.34. The molecule has 4 rings (SSSR count). The van der Waals surface area contributed by atoms with Crippen molar-refractivity contribution >= 4 is 29.2 Å². The van der Waals surface area contributed by atoms with Gasteiger partial charge in [-0.05, 0) is 63.7 Å². The Morgan fingerprint density at radius 3 is 2.73 bits per heavy atom. The van der Waals surface area contributed by atoms with E-state index in [0.717, 1.165) is 31.4 Å². The summed E-state index contributed by atoms with van der Waals surface area (Å²) < 4.78 is 11.4. The average molecular weight is 545 g/mol. The van der Waals surface area contributed by atoms with Gasteiger partial charge in [-0.1, -0.05) is 42.0 Å². The first kappa shape index (κ1) is 28.6. The third-order valence-corrected chi connectivity index (χ3v) is 6.34. The molecule has 0 fully saturated rings. The minimum Gasteiger partial charge on any atom is -0.488 e. The van der Waals surface area contributed by atoms with Gasteiger partial charge in [-0.25, -0.2) is 4.79 Å². The summed E-state index contributed by atoms with van der Waals surface area (Å²) in [5.74, 6) is 0.499. The van der Waals surface area contributed by atoms with E-state index in [1.807, 2.05) is 20.2 Å². The highest BCUT2D eigenvalue weighted by Gasteiger charge is 2.20. The van der Waals surface area contributed by atoms with Crippen molar-refractivity contribution in [1.82, 2.24) is 14.8 Å². The van der Waals surface area contributed by atoms with E-state index in [1.165, 1.54) is 5.57 Å². The Labute approximate surface area is 234 Å². The van der Waals surface area contributed by atoms with Crippen LogP contribution in [0.1, 0.15) is 41.7 Å². The molecule has 2 aromatic rings. The molecule has 210 valence electrons. The van der Waals surface area contributed by atoms with E-state index in [9.17, 15) is 9.59 Å². The van der Waals surface area contributed by atoms with Gasteiger partial charge in [-0.2, -0.15) is 4.99 Å². The standard InChI is InChI=1S/C30H36N6O4/c1-35(2)15-8-16-36(30(38)34-28-21-39-20-24(40-28)17-22-9-4-3-5-10-22)19-23-13-14-27(32-18-23)29(37)33-26-12-7-6-11-25(26)31/h3-4,6-7,9,11-14,18,20H,5,8,10,15-17,19,21,31H2,1-2H3,(H,33,37). The number of urea groups is 1. The highest BCUT2D eigenvalue weighted by molar-refractivity contribution is 6.04. The van der Waals surface area contributed by atoms with Gasteiger partial charge in [0.15, 0.2) is 6.61 Å². The zero-order chi connectivity index (χ0) is 28.3. The Balaban J connectivity index is 1.40. The molecule has 3 N–H and O–H groups in total. The number of pyridine rings is 1. The maximum absolute atomic E-state index is 13.3. The van der Waals surface area contributed by atoms with E-state index in [2.05, 4.69) is 32.3 Å². The zero-order valence-electron chi connectivity index (χ0n) is 23.0. The Bertz CT molecular complexity index is 1310. The van der Waals surface area contributed by atoms with E-state index >= 15 is 0 Å². The number of aromatic nitrogens is 1. The first-order chi connectivity index (χ1) is 19.4. The number of nitrogens with one attached hydrogen (secondary N) is 1. The van der Waals surface area contributed by atoms with E-state index in [0.29, 0.717) is 30.1 Å². The second-order valence-corrected chi connectivity index (χ2v) is 9.93. The number of ether oxygens (including phenoxy) is 2. The SMILES string of the molecule is CN(C)CCCN(Cc1ccc(C(=O)Nc2ccccc2N)nc1)C(=O)N=C1COC=C(CC2=CC=CCC2)O1. The Kier molecular flexibility index (Phi) is 10.1. The van der Waals surface area contributed by atoms with Crippen LogP contribution < -0.4 is 11.1 Å². The van der Waals surface area contributed by atoms with Crippen LogP contribution in [0.2, 0.25) is 0 Å². The van der Waals surface area contributed by atoms with E-state index in [4.69, 9.17) is 15.2 Å². The lowest BCUT2D eigenvalue weighted by Crippen LogP contribution is -2.32. The van der Waals surface area contributed by atoms with Gasteiger partial charge in [-0.3, -0.25) is 9.78 Å². The van der Waals surface area contributed by atoms with Crippen molar-refractivity contribution in [1.29, 1.82) is 0 Å².